The molecule has 0 aromatic heterocycles. The zero-order chi connectivity index (χ0) is 13.2. The molecule has 0 aromatic carbocycles. The summed E-state index contributed by atoms with van der Waals surface area (Å²) in [4.78, 5) is 13.9. The Morgan fingerprint density at radius 1 is 1.44 bits per heavy atom. The van der Waals surface area contributed by atoms with Gasteiger partial charge in [-0.25, -0.2) is 0 Å². The van der Waals surface area contributed by atoms with Crippen LogP contribution in [0.15, 0.2) is 0 Å². The fraction of sp³-hybridized carbons (Fsp3) is 0.929. The van der Waals surface area contributed by atoms with Crippen LogP contribution in [0.3, 0.4) is 0 Å². The van der Waals surface area contributed by atoms with Crippen LogP contribution in [0.2, 0.25) is 0 Å². The minimum Gasteiger partial charge on any atom is -0.465 e. The van der Waals surface area contributed by atoms with Crippen molar-refractivity contribution in [3.05, 3.63) is 0 Å². The van der Waals surface area contributed by atoms with E-state index in [2.05, 4.69) is 24.1 Å². The Labute approximate surface area is 111 Å². The van der Waals surface area contributed by atoms with E-state index in [0.717, 1.165) is 32.7 Å². The molecule has 1 aliphatic rings. The van der Waals surface area contributed by atoms with Gasteiger partial charge in [-0.3, -0.25) is 9.69 Å². The molecule has 1 rings (SSSR count). The number of esters is 1. The molecule has 0 aromatic rings. The molecule has 0 radical (unpaired) electrons. The van der Waals surface area contributed by atoms with Gasteiger partial charge in [-0.15, -0.1) is 0 Å². The van der Waals surface area contributed by atoms with Crippen LogP contribution < -0.4 is 5.32 Å². The Hall–Kier alpha value is -0.610. The van der Waals surface area contributed by atoms with Gasteiger partial charge in [-0.1, -0.05) is 33.1 Å². The molecule has 1 unspecified atom stereocenters. The normalized spacial score (nSPS) is 17.9. The van der Waals surface area contributed by atoms with Crippen LogP contribution in [0.4, 0.5) is 0 Å². The average molecular weight is 256 g/mol. The maximum atomic E-state index is 11.6. The molecule has 1 heterocycles. The number of carbonyl (C=O) groups excluding carboxylic acids is 1. The maximum absolute atomic E-state index is 11.6. The van der Waals surface area contributed by atoms with E-state index >= 15 is 0 Å². The largest absolute Gasteiger partial charge is 0.465 e. The number of rotatable bonds is 9. The van der Waals surface area contributed by atoms with Crippen molar-refractivity contribution in [2.24, 2.45) is 5.92 Å². The molecule has 1 N–H and O–H groups in total. The number of carbonyl (C=O) groups is 1. The van der Waals surface area contributed by atoms with E-state index in [0.29, 0.717) is 18.9 Å². The first-order chi connectivity index (χ1) is 8.76. The van der Waals surface area contributed by atoms with E-state index in [1.807, 2.05) is 0 Å². The van der Waals surface area contributed by atoms with Crippen molar-refractivity contribution in [3.63, 3.8) is 0 Å². The van der Waals surface area contributed by atoms with E-state index in [9.17, 15) is 4.79 Å². The summed E-state index contributed by atoms with van der Waals surface area (Å²) >= 11 is 0. The van der Waals surface area contributed by atoms with E-state index in [4.69, 9.17) is 4.74 Å². The first-order valence-corrected chi connectivity index (χ1v) is 7.35. The molecule has 0 spiro atoms. The minimum atomic E-state index is -0.0446. The summed E-state index contributed by atoms with van der Waals surface area (Å²) in [5.41, 5.74) is 0. The van der Waals surface area contributed by atoms with E-state index in [-0.39, 0.29) is 5.97 Å². The summed E-state index contributed by atoms with van der Waals surface area (Å²) in [7, 11) is 0. The van der Waals surface area contributed by atoms with Gasteiger partial charge in [-0.2, -0.15) is 0 Å². The quantitative estimate of drug-likeness (QED) is 0.641. The van der Waals surface area contributed by atoms with Gasteiger partial charge < -0.3 is 10.1 Å². The minimum absolute atomic E-state index is 0.0446. The molecule has 1 fully saturated rings. The van der Waals surface area contributed by atoms with Gasteiger partial charge in [0, 0.05) is 26.3 Å². The van der Waals surface area contributed by atoms with Gasteiger partial charge in [0.15, 0.2) is 0 Å². The van der Waals surface area contributed by atoms with Crippen molar-refractivity contribution in [3.8, 4) is 0 Å². The molecule has 0 saturated carbocycles. The Morgan fingerprint density at radius 2 is 2.28 bits per heavy atom. The predicted octanol–water partition coefficient (Wildman–Crippen LogP) is 2.00. The number of hydrogen-bond acceptors (Lipinski definition) is 4. The molecule has 0 aliphatic carbocycles. The van der Waals surface area contributed by atoms with Gasteiger partial charge in [0.25, 0.3) is 0 Å². The summed E-state index contributed by atoms with van der Waals surface area (Å²) < 4.78 is 5.37. The van der Waals surface area contributed by atoms with Crippen molar-refractivity contribution in [2.75, 3.05) is 32.9 Å². The summed E-state index contributed by atoms with van der Waals surface area (Å²) in [5, 5.41) is 3.25. The third-order valence-electron chi connectivity index (χ3n) is 3.60. The first kappa shape index (κ1) is 15.4. The fourth-order valence-electron chi connectivity index (χ4n) is 2.17. The standard InChI is InChI=1S/C14H28N2O2/c1-3-5-6-13(4-2)11-18-14(17)7-9-16-10-8-15-12-16/h13,15H,3-12H2,1-2H3. The molecular weight excluding hydrogens is 228 g/mol. The van der Waals surface area contributed by atoms with Gasteiger partial charge in [0.05, 0.1) is 13.0 Å². The second kappa shape index (κ2) is 9.34. The summed E-state index contributed by atoms with van der Waals surface area (Å²) in [5.74, 6) is 0.499. The van der Waals surface area contributed by atoms with Gasteiger partial charge in [-0.05, 0) is 12.3 Å². The third-order valence-corrected chi connectivity index (χ3v) is 3.60. The first-order valence-electron chi connectivity index (χ1n) is 7.35. The highest BCUT2D eigenvalue weighted by atomic mass is 16.5. The monoisotopic (exact) mass is 256 g/mol. The number of ether oxygens (including phenoxy) is 1. The van der Waals surface area contributed by atoms with Crippen LogP contribution in [0, 0.1) is 5.92 Å². The molecule has 0 amide bonds. The summed E-state index contributed by atoms with van der Waals surface area (Å²) in [6.45, 7) is 8.77. The van der Waals surface area contributed by atoms with E-state index in [1.54, 1.807) is 0 Å². The Bertz CT molecular complexity index is 228. The zero-order valence-electron chi connectivity index (χ0n) is 11.9. The van der Waals surface area contributed by atoms with Crippen LogP contribution >= 0.6 is 0 Å². The van der Waals surface area contributed by atoms with Crippen molar-refractivity contribution in [1.82, 2.24) is 10.2 Å². The van der Waals surface area contributed by atoms with Gasteiger partial charge >= 0.3 is 5.97 Å². The number of unbranched alkanes of at least 4 members (excludes halogenated alkanes) is 1. The Morgan fingerprint density at radius 3 is 2.89 bits per heavy atom. The predicted molar refractivity (Wildman–Crippen MR) is 73.3 cm³/mol. The van der Waals surface area contributed by atoms with Gasteiger partial charge in [0.2, 0.25) is 0 Å². The molecule has 1 saturated heterocycles. The molecule has 18 heavy (non-hydrogen) atoms. The lowest BCUT2D eigenvalue weighted by Gasteiger charge is -2.16. The molecule has 1 aliphatic heterocycles. The maximum Gasteiger partial charge on any atom is 0.307 e. The average Bonchev–Trinajstić information content (AvgIpc) is 2.89. The number of nitrogens with one attached hydrogen (secondary N) is 1. The summed E-state index contributed by atoms with van der Waals surface area (Å²) in [6, 6.07) is 0. The molecule has 4 heteroatoms. The second-order valence-corrected chi connectivity index (χ2v) is 5.13. The molecule has 0 bridgehead atoms. The zero-order valence-corrected chi connectivity index (χ0v) is 11.9. The topological polar surface area (TPSA) is 41.6 Å². The smallest absolute Gasteiger partial charge is 0.307 e. The highest BCUT2D eigenvalue weighted by Gasteiger charge is 2.14. The van der Waals surface area contributed by atoms with Crippen molar-refractivity contribution in [2.45, 2.75) is 46.0 Å². The van der Waals surface area contributed by atoms with Crippen LogP contribution in [0.1, 0.15) is 46.0 Å². The fourth-order valence-corrected chi connectivity index (χ4v) is 2.17. The highest BCUT2D eigenvalue weighted by molar-refractivity contribution is 5.69. The van der Waals surface area contributed by atoms with Crippen molar-refractivity contribution >= 4 is 5.97 Å². The van der Waals surface area contributed by atoms with Gasteiger partial charge in [0.1, 0.15) is 0 Å². The molecule has 106 valence electrons. The molecule has 1 atom stereocenters. The van der Waals surface area contributed by atoms with Crippen LogP contribution in [0.25, 0.3) is 0 Å². The lowest BCUT2D eigenvalue weighted by molar-refractivity contribution is -0.145. The molecular formula is C14H28N2O2. The number of nitrogens with zero attached hydrogens (tertiary/aromatic N) is 1. The second-order valence-electron chi connectivity index (χ2n) is 5.13. The Balaban J connectivity index is 2.06. The lowest BCUT2D eigenvalue weighted by Crippen LogP contribution is -2.26. The van der Waals surface area contributed by atoms with E-state index < -0.39 is 0 Å². The summed E-state index contributed by atoms with van der Waals surface area (Å²) in [6.07, 6.45) is 5.24. The van der Waals surface area contributed by atoms with Crippen LogP contribution in [-0.2, 0) is 9.53 Å². The molecule has 4 nitrogen and oxygen atoms in total. The van der Waals surface area contributed by atoms with Crippen molar-refractivity contribution in [1.29, 1.82) is 0 Å². The van der Waals surface area contributed by atoms with E-state index in [1.165, 1.54) is 19.3 Å². The van der Waals surface area contributed by atoms with Crippen LogP contribution in [-0.4, -0.2) is 43.8 Å². The highest BCUT2D eigenvalue weighted by Crippen LogP contribution is 2.13. The van der Waals surface area contributed by atoms with Crippen LogP contribution in [0.5, 0.6) is 0 Å². The van der Waals surface area contributed by atoms with Crippen molar-refractivity contribution < 1.29 is 9.53 Å². The Kier molecular flexibility index (Phi) is 8.01. The lowest BCUT2D eigenvalue weighted by atomic mass is 10.0. The SMILES string of the molecule is CCCCC(CC)COC(=O)CCN1CCNC1. The number of hydrogen-bond donors (Lipinski definition) is 1. The third kappa shape index (κ3) is 6.36.